The van der Waals surface area contributed by atoms with Gasteiger partial charge in [-0.15, -0.1) is 0 Å². The van der Waals surface area contributed by atoms with E-state index in [4.69, 9.17) is 14.4 Å². The van der Waals surface area contributed by atoms with Crippen LogP contribution in [0.1, 0.15) is 16.2 Å². The Morgan fingerprint density at radius 3 is 2.94 bits per heavy atom. The molecule has 1 aromatic heterocycles. The second-order valence-electron chi connectivity index (χ2n) is 3.75. The summed E-state index contributed by atoms with van der Waals surface area (Å²) in [5.41, 5.74) is 0.121. The summed E-state index contributed by atoms with van der Waals surface area (Å²) in [6.07, 6.45) is 0. The lowest BCUT2D eigenvalue weighted by Gasteiger charge is -2.32. The van der Waals surface area contributed by atoms with E-state index in [0.29, 0.717) is 12.4 Å². The summed E-state index contributed by atoms with van der Waals surface area (Å²) in [5, 5.41) is 12.6. The number of rotatable bonds is 2. The lowest BCUT2D eigenvalue weighted by molar-refractivity contribution is -0.147. The first-order valence-corrected chi connectivity index (χ1v) is 5.14. The van der Waals surface area contributed by atoms with Gasteiger partial charge in [0.05, 0.1) is 13.2 Å². The molecular weight excluding hydrogens is 228 g/mol. The van der Waals surface area contributed by atoms with E-state index in [1.165, 1.54) is 11.0 Å². The Balaban J connectivity index is 2.19. The lowest BCUT2D eigenvalue weighted by Crippen LogP contribution is -2.52. The highest BCUT2D eigenvalue weighted by Crippen LogP contribution is 2.13. The van der Waals surface area contributed by atoms with E-state index in [2.05, 4.69) is 5.16 Å². The molecule has 7 nitrogen and oxygen atoms in total. The number of carboxylic acid groups (broad SMARTS) is 1. The lowest BCUT2D eigenvalue weighted by atomic mass is 10.2. The molecule has 0 aromatic carbocycles. The number of aliphatic carboxylic acids is 1. The normalized spacial score (nSPS) is 20.3. The Bertz CT molecular complexity index is 442. The van der Waals surface area contributed by atoms with Crippen LogP contribution >= 0.6 is 0 Å². The predicted octanol–water partition coefficient (Wildman–Crippen LogP) is -0.0914. The Labute approximate surface area is 96.9 Å². The molecule has 1 unspecified atom stereocenters. The number of ether oxygens (including phenoxy) is 1. The second-order valence-corrected chi connectivity index (χ2v) is 3.75. The summed E-state index contributed by atoms with van der Waals surface area (Å²) in [6.45, 7) is 2.23. The highest BCUT2D eigenvalue weighted by atomic mass is 16.5. The summed E-state index contributed by atoms with van der Waals surface area (Å²) in [6, 6.07) is 0.518. The fourth-order valence-electron chi connectivity index (χ4n) is 1.67. The number of aryl methyl sites for hydroxylation is 1. The fraction of sp³-hybridized carbons (Fsp3) is 0.500. The Hall–Kier alpha value is -1.89. The highest BCUT2D eigenvalue weighted by Gasteiger charge is 2.34. The fourth-order valence-corrected chi connectivity index (χ4v) is 1.67. The molecule has 1 aliphatic heterocycles. The van der Waals surface area contributed by atoms with Crippen molar-refractivity contribution in [3.63, 3.8) is 0 Å². The smallest absolute Gasteiger partial charge is 0.328 e. The van der Waals surface area contributed by atoms with Gasteiger partial charge >= 0.3 is 5.97 Å². The largest absolute Gasteiger partial charge is 0.480 e. The molecular formula is C10H12N2O5. The van der Waals surface area contributed by atoms with Gasteiger partial charge in [0.1, 0.15) is 5.76 Å². The van der Waals surface area contributed by atoms with Crippen molar-refractivity contribution in [1.29, 1.82) is 0 Å². The third kappa shape index (κ3) is 2.28. The van der Waals surface area contributed by atoms with Crippen molar-refractivity contribution in [2.75, 3.05) is 19.8 Å². The number of amides is 1. The molecule has 0 radical (unpaired) electrons. The van der Waals surface area contributed by atoms with E-state index >= 15 is 0 Å². The SMILES string of the molecule is Cc1cc(C(=O)N2CCOCC2C(=O)O)no1. The first-order valence-electron chi connectivity index (χ1n) is 5.14. The first kappa shape index (κ1) is 11.6. The molecule has 0 aliphatic carbocycles. The van der Waals surface area contributed by atoms with Crippen molar-refractivity contribution < 1.29 is 24.0 Å². The summed E-state index contributed by atoms with van der Waals surface area (Å²) in [4.78, 5) is 24.2. The summed E-state index contributed by atoms with van der Waals surface area (Å²) >= 11 is 0. The minimum Gasteiger partial charge on any atom is -0.480 e. The van der Waals surface area contributed by atoms with Crippen molar-refractivity contribution in [3.05, 3.63) is 17.5 Å². The van der Waals surface area contributed by atoms with E-state index in [1.807, 2.05) is 0 Å². The maximum absolute atomic E-state index is 12.0. The third-order valence-electron chi connectivity index (χ3n) is 2.52. The average molecular weight is 240 g/mol. The predicted molar refractivity (Wildman–Crippen MR) is 54.5 cm³/mol. The number of hydrogen-bond acceptors (Lipinski definition) is 5. The maximum atomic E-state index is 12.0. The monoisotopic (exact) mass is 240 g/mol. The molecule has 0 bridgehead atoms. The van der Waals surface area contributed by atoms with E-state index in [-0.39, 0.29) is 18.8 Å². The molecule has 1 aliphatic rings. The van der Waals surface area contributed by atoms with Crippen LogP contribution in [0, 0.1) is 6.92 Å². The van der Waals surface area contributed by atoms with Crippen molar-refractivity contribution in [2.24, 2.45) is 0 Å². The molecule has 2 rings (SSSR count). The minimum atomic E-state index is -1.08. The van der Waals surface area contributed by atoms with Gasteiger partial charge in [-0.1, -0.05) is 5.16 Å². The summed E-state index contributed by atoms with van der Waals surface area (Å²) in [5.74, 6) is -1.02. The molecule has 0 spiro atoms. The maximum Gasteiger partial charge on any atom is 0.328 e. The van der Waals surface area contributed by atoms with Crippen molar-refractivity contribution >= 4 is 11.9 Å². The van der Waals surface area contributed by atoms with E-state index < -0.39 is 17.9 Å². The number of hydrogen-bond donors (Lipinski definition) is 1. The number of aromatic nitrogens is 1. The molecule has 2 heterocycles. The number of nitrogens with zero attached hydrogens (tertiary/aromatic N) is 2. The van der Waals surface area contributed by atoms with Gasteiger partial charge < -0.3 is 19.3 Å². The molecule has 0 saturated carbocycles. The summed E-state index contributed by atoms with van der Waals surface area (Å²) < 4.78 is 9.84. The van der Waals surface area contributed by atoms with Crippen LogP contribution in [0.2, 0.25) is 0 Å². The van der Waals surface area contributed by atoms with Gasteiger partial charge in [0, 0.05) is 12.6 Å². The van der Waals surface area contributed by atoms with Crippen LogP contribution in [-0.2, 0) is 9.53 Å². The molecule has 1 fully saturated rings. The van der Waals surface area contributed by atoms with Crippen molar-refractivity contribution in [2.45, 2.75) is 13.0 Å². The zero-order valence-corrected chi connectivity index (χ0v) is 9.25. The van der Waals surface area contributed by atoms with Crippen molar-refractivity contribution in [1.82, 2.24) is 10.1 Å². The van der Waals surface area contributed by atoms with Gasteiger partial charge in [0.15, 0.2) is 11.7 Å². The van der Waals surface area contributed by atoms with Crippen LogP contribution in [0.3, 0.4) is 0 Å². The van der Waals surface area contributed by atoms with Crippen LogP contribution in [0.5, 0.6) is 0 Å². The van der Waals surface area contributed by atoms with Gasteiger partial charge in [-0.05, 0) is 6.92 Å². The van der Waals surface area contributed by atoms with Crippen molar-refractivity contribution in [3.8, 4) is 0 Å². The van der Waals surface area contributed by atoms with E-state index in [1.54, 1.807) is 6.92 Å². The zero-order chi connectivity index (χ0) is 12.4. The molecule has 1 aromatic rings. The first-order chi connectivity index (χ1) is 8.09. The molecule has 17 heavy (non-hydrogen) atoms. The van der Waals surface area contributed by atoms with Crippen LogP contribution in [0.25, 0.3) is 0 Å². The molecule has 1 saturated heterocycles. The van der Waals surface area contributed by atoms with Gasteiger partial charge in [-0.2, -0.15) is 0 Å². The third-order valence-corrected chi connectivity index (χ3v) is 2.52. The van der Waals surface area contributed by atoms with Gasteiger partial charge in [-0.25, -0.2) is 4.79 Å². The van der Waals surface area contributed by atoms with Gasteiger partial charge in [0.25, 0.3) is 5.91 Å². The average Bonchev–Trinajstić information content (AvgIpc) is 2.75. The number of carboxylic acids is 1. The molecule has 92 valence electrons. The standard InChI is InChI=1S/C10H12N2O5/c1-6-4-7(11-17-6)9(13)12-2-3-16-5-8(12)10(14)15/h4,8H,2-3,5H2,1H3,(H,14,15). The topological polar surface area (TPSA) is 92.9 Å². The van der Waals surface area contributed by atoms with Crippen LogP contribution in [0.4, 0.5) is 0 Å². The van der Waals surface area contributed by atoms with Crippen LogP contribution in [-0.4, -0.2) is 52.8 Å². The van der Waals surface area contributed by atoms with Crippen LogP contribution in [0.15, 0.2) is 10.6 Å². The quantitative estimate of drug-likeness (QED) is 0.776. The Morgan fingerprint density at radius 1 is 1.59 bits per heavy atom. The molecule has 1 N–H and O–H groups in total. The van der Waals surface area contributed by atoms with E-state index in [9.17, 15) is 9.59 Å². The molecule has 1 amide bonds. The molecule has 7 heteroatoms. The van der Waals surface area contributed by atoms with E-state index in [0.717, 1.165) is 0 Å². The Kier molecular flexibility index (Phi) is 3.10. The number of morpholine rings is 1. The molecule has 1 atom stereocenters. The summed E-state index contributed by atoms with van der Waals surface area (Å²) in [7, 11) is 0. The number of carbonyl (C=O) groups excluding carboxylic acids is 1. The van der Waals surface area contributed by atoms with Gasteiger partial charge in [0.2, 0.25) is 0 Å². The number of carbonyl (C=O) groups is 2. The Morgan fingerprint density at radius 2 is 2.35 bits per heavy atom. The van der Waals surface area contributed by atoms with Crippen LogP contribution < -0.4 is 0 Å². The highest BCUT2D eigenvalue weighted by molar-refractivity contribution is 5.95. The zero-order valence-electron chi connectivity index (χ0n) is 9.25. The minimum absolute atomic E-state index is 0.00208. The second kappa shape index (κ2) is 4.54. The van der Waals surface area contributed by atoms with Gasteiger partial charge in [-0.3, -0.25) is 4.79 Å².